The van der Waals surface area contributed by atoms with Gasteiger partial charge in [-0.15, -0.1) is 0 Å². The van der Waals surface area contributed by atoms with Gasteiger partial charge in [0.1, 0.15) is 5.82 Å². The van der Waals surface area contributed by atoms with Gasteiger partial charge < -0.3 is 10.2 Å². The Morgan fingerprint density at radius 2 is 2.00 bits per heavy atom. The van der Waals surface area contributed by atoms with Crippen LogP contribution >= 0.6 is 11.6 Å². The Morgan fingerprint density at radius 3 is 2.50 bits per heavy atom. The first-order valence-electron chi connectivity index (χ1n) is 4.85. The molecule has 2 N–H and O–H groups in total. The number of benzene rings is 1. The minimum Gasteiger partial charge on any atom is -0.478 e. The fourth-order valence-electron chi connectivity index (χ4n) is 1.27. The molecule has 8 heteroatoms. The lowest BCUT2D eigenvalue weighted by Gasteiger charge is -2.07. The quantitative estimate of drug-likeness (QED) is 0.855. The van der Waals surface area contributed by atoms with E-state index in [0.717, 1.165) is 6.07 Å². The number of hydrogen-bond donors (Lipinski definition) is 2. The summed E-state index contributed by atoms with van der Waals surface area (Å²) in [5, 5.41) is 16.7. The first-order chi connectivity index (χ1) is 8.29. The maximum absolute atomic E-state index is 13.3. The van der Waals surface area contributed by atoms with Crippen molar-refractivity contribution >= 4 is 27.4 Å². The molecule has 1 rings (SSSR count). The van der Waals surface area contributed by atoms with E-state index in [0.29, 0.717) is 6.07 Å². The first-order valence-corrected chi connectivity index (χ1v) is 6.88. The van der Waals surface area contributed by atoms with Gasteiger partial charge in [-0.2, -0.15) is 0 Å². The largest absolute Gasteiger partial charge is 0.478 e. The van der Waals surface area contributed by atoms with E-state index < -0.39 is 42.9 Å². The summed E-state index contributed by atoms with van der Waals surface area (Å²) >= 11 is 5.42. The lowest BCUT2D eigenvalue weighted by atomic mass is 10.2. The van der Waals surface area contributed by atoms with Gasteiger partial charge in [0.15, 0.2) is 9.84 Å². The van der Waals surface area contributed by atoms with Crippen molar-refractivity contribution in [3.05, 3.63) is 28.5 Å². The van der Waals surface area contributed by atoms with Crippen LogP contribution in [0.4, 0.5) is 4.39 Å². The van der Waals surface area contributed by atoms with E-state index in [-0.39, 0.29) is 13.0 Å². The maximum Gasteiger partial charge on any atom is 0.337 e. The number of aliphatic hydroxyl groups is 1. The normalized spacial score (nSPS) is 11.5. The molecule has 0 atom stereocenters. The van der Waals surface area contributed by atoms with Crippen molar-refractivity contribution in [3.8, 4) is 0 Å². The fraction of sp³-hybridized carbons (Fsp3) is 0.300. The molecule has 100 valence electrons. The molecule has 0 radical (unpaired) electrons. The predicted molar refractivity (Wildman–Crippen MR) is 62.1 cm³/mol. The summed E-state index contributed by atoms with van der Waals surface area (Å²) in [5.74, 6) is -3.03. The van der Waals surface area contributed by atoms with Crippen LogP contribution in [-0.4, -0.2) is 37.0 Å². The molecule has 0 saturated heterocycles. The maximum atomic E-state index is 13.3. The average Bonchev–Trinajstić information content (AvgIpc) is 2.29. The van der Waals surface area contributed by atoms with Crippen molar-refractivity contribution in [1.29, 1.82) is 0 Å². The van der Waals surface area contributed by atoms with Crippen LogP contribution in [0.1, 0.15) is 16.8 Å². The Labute approximate surface area is 108 Å². The van der Waals surface area contributed by atoms with Gasteiger partial charge in [0.25, 0.3) is 0 Å². The van der Waals surface area contributed by atoms with Crippen molar-refractivity contribution in [2.45, 2.75) is 11.3 Å². The van der Waals surface area contributed by atoms with Crippen LogP contribution in [0.15, 0.2) is 17.0 Å². The van der Waals surface area contributed by atoms with Crippen LogP contribution < -0.4 is 0 Å². The summed E-state index contributed by atoms with van der Waals surface area (Å²) in [7, 11) is -3.84. The van der Waals surface area contributed by atoms with Gasteiger partial charge in [0, 0.05) is 6.61 Å². The van der Waals surface area contributed by atoms with E-state index >= 15 is 0 Å². The summed E-state index contributed by atoms with van der Waals surface area (Å²) in [4.78, 5) is 10.3. The van der Waals surface area contributed by atoms with Gasteiger partial charge in [0.2, 0.25) is 0 Å². The third kappa shape index (κ3) is 3.18. The highest BCUT2D eigenvalue weighted by molar-refractivity contribution is 7.91. The van der Waals surface area contributed by atoms with Gasteiger partial charge in [-0.25, -0.2) is 17.6 Å². The molecule has 0 unspecified atom stereocenters. The van der Waals surface area contributed by atoms with E-state index in [4.69, 9.17) is 21.8 Å². The molecule has 0 aromatic heterocycles. The number of carbonyl (C=O) groups is 1. The van der Waals surface area contributed by atoms with E-state index in [1.807, 2.05) is 0 Å². The second-order valence-corrected chi connectivity index (χ2v) is 5.95. The highest BCUT2D eigenvalue weighted by Gasteiger charge is 2.21. The number of rotatable bonds is 5. The monoisotopic (exact) mass is 296 g/mol. The minimum atomic E-state index is -3.84. The number of aromatic carboxylic acids is 1. The topological polar surface area (TPSA) is 91.7 Å². The SMILES string of the molecule is O=C(O)c1cc(S(=O)(=O)CCCO)cc(F)c1Cl. The molecule has 0 spiro atoms. The highest BCUT2D eigenvalue weighted by Crippen LogP contribution is 2.25. The van der Waals surface area contributed by atoms with Crippen molar-refractivity contribution in [2.24, 2.45) is 0 Å². The second-order valence-electron chi connectivity index (χ2n) is 3.47. The Morgan fingerprint density at radius 1 is 1.39 bits per heavy atom. The molecule has 1 aromatic carbocycles. The third-order valence-electron chi connectivity index (χ3n) is 2.16. The van der Waals surface area contributed by atoms with Gasteiger partial charge in [-0.1, -0.05) is 11.6 Å². The average molecular weight is 297 g/mol. The van der Waals surface area contributed by atoms with Crippen molar-refractivity contribution < 1.29 is 27.8 Å². The molecule has 1 aromatic rings. The van der Waals surface area contributed by atoms with Crippen LogP contribution in [-0.2, 0) is 9.84 Å². The van der Waals surface area contributed by atoms with Crippen LogP contribution in [0.25, 0.3) is 0 Å². The van der Waals surface area contributed by atoms with Gasteiger partial charge >= 0.3 is 5.97 Å². The molecule has 18 heavy (non-hydrogen) atoms. The number of hydrogen-bond acceptors (Lipinski definition) is 4. The Kier molecular flexibility index (Phi) is 4.66. The van der Waals surface area contributed by atoms with Crippen LogP contribution in [0, 0.1) is 5.82 Å². The number of sulfone groups is 1. The Bertz CT molecular complexity index is 570. The molecule has 0 saturated carbocycles. The van der Waals surface area contributed by atoms with Crippen LogP contribution in [0.2, 0.25) is 5.02 Å². The minimum absolute atomic E-state index is 0.0189. The third-order valence-corrected chi connectivity index (χ3v) is 4.33. The molecular weight excluding hydrogens is 287 g/mol. The zero-order valence-corrected chi connectivity index (χ0v) is 10.6. The highest BCUT2D eigenvalue weighted by atomic mass is 35.5. The zero-order valence-electron chi connectivity index (χ0n) is 9.06. The van der Waals surface area contributed by atoms with Gasteiger partial charge in [-0.05, 0) is 18.6 Å². The second kappa shape index (κ2) is 5.64. The smallest absolute Gasteiger partial charge is 0.337 e. The van der Waals surface area contributed by atoms with E-state index in [2.05, 4.69) is 0 Å². The number of aliphatic hydroxyl groups excluding tert-OH is 1. The van der Waals surface area contributed by atoms with Crippen molar-refractivity contribution in [1.82, 2.24) is 0 Å². The molecule has 0 aliphatic rings. The van der Waals surface area contributed by atoms with Gasteiger partial charge in [-0.3, -0.25) is 0 Å². The molecule has 0 heterocycles. The number of carboxylic acid groups (broad SMARTS) is 1. The fourth-order valence-corrected chi connectivity index (χ4v) is 2.79. The molecule has 0 bridgehead atoms. The lowest BCUT2D eigenvalue weighted by molar-refractivity contribution is 0.0696. The molecule has 0 aliphatic carbocycles. The standard InChI is InChI=1S/C10H10ClFO5S/c11-9-7(10(14)15)4-6(5-8(9)12)18(16,17)3-1-2-13/h4-5,13H,1-3H2,(H,14,15). The van der Waals surface area contributed by atoms with E-state index in [1.165, 1.54) is 0 Å². The summed E-state index contributed by atoms with van der Waals surface area (Å²) in [6.07, 6.45) is -0.0189. The summed E-state index contributed by atoms with van der Waals surface area (Å²) < 4.78 is 36.8. The van der Waals surface area contributed by atoms with Crippen molar-refractivity contribution in [2.75, 3.05) is 12.4 Å². The molecule has 5 nitrogen and oxygen atoms in total. The molecule has 0 amide bonds. The Hall–Kier alpha value is -1.18. The number of halogens is 2. The summed E-state index contributed by atoms with van der Waals surface area (Å²) in [6.45, 7) is -0.332. The Balaban J connectivity index is 3.31. The summed E-state index contributed by atoms with van der Waals surface area (Å²) in [5.41, 5.74) is -0.612. The molecule has 0 fully saturated rings. The number of carboxylic acids is 1. The molecule has 0 aliphatic heterocycles. The first kappa shape index (κ1) is 14.9. The van der Waals surface area contributed by atoms with Crippen molar-refractivity contribution in [3.63, 3.8) is 0 Å². The lowest BCUT2D eigenvalue weighted by Crippen LogP contribution is -2.11. The van der Waals surface area contributed by atoms with E-state index in [1.54, 1.807) is 0 Å². The molecular formula is C10H10ClFO5S. The van der Waals surface area contributed by atoms with Gasteiger partial charge in [0.05, 0.1) is 21.2 Å². The zero-order chi connectivity index (χ0) is 13.9. The predicted octanol–water partition coefficient (Wildman–Crippen LogP) is 1.33. The summed E-state index contributed by atoms with van der Waals surface area (Å²) in [6, 6.07) is 1.47. The van der Waals surface area contributed by atoms with Crippen LogP contribution in [0.3, 0.4) is 0 Å². The van der Waals surface area contributed by atoms with E-state index in [9.17, 15) is 17.6 Å². The van der Waals surface area contributed by atoms with Crippen LogP contribution in [0.5, 0.6) is 0 Å².